The maximum Gasteiger partial charge on any atom is 0.262 e. The van der Waals surface area contributed by atoms with E-state index in [0.29, 0.717) is 34.3 Å². The number of hydrogen-bond acceptors (Lipinski definition) is 5. The molecule has 0 aliphatic rings. The minimum Gasteiger partial charge on any atom is -0.493 e. The van der Waals surface area contributed by atoms with Crippen LogP contribution in [0.1, 0.15) is 41.4 Å². The predicted molar refractivity (Wildman–Crippen MR) is 125 cm³/mol. The lowest BCUT2D eigenvalue weighted by Crippen LogP contribution is -2.22. The fourth-order valence-electron chi connectivity index (χ4n) is 3.38. The van der Waals surface area contributed by atoms with Gasteiger partial charge in [0, 0.05) is 11.1 Å². The molecule has 6 nitrogen and oxygen atoms in total. The van der Waals surface area contributed by atoms with Crippen molar-refractivity contribution in [3.63, 3.8) is 0 Å². The van der Waals surface area contributed by atoms with E-state index in [0.717, 1.165) is 11.1 Å². The molecule has 2 heterocycles. The maximum absolute atomic E-state index is 13.2. The van der Waals surface area contributed by atoms with E-state index in [9.17, 15) is 4.79 Å². The van der Waals surface area contributed by atoms with Crippen LogP contribution < -0.4 is 15.6 Å². The summed E-state index contributed by atoms with van der Waals surface area (Å²) in [5.74, 6) is 1.10. The SMILES string of the molecule is COc1cccc2cc(C(=O)Nc3cccc(C)n3)c(=Nc3ccc(C(C)C)cc3)oc12. The molecule has 4 rings (SSSR count). The van der Waals surface area contributed by atoms with Crippen LogP contribution in [0.25, 0.3) is 11.0 Å². The number of para-hydroxylation sites is 1. The zero-order valence-electron chi connectivity index (χ0n) is 18.5. The van der Waals surface area contributed by atoms with Gasteiger partial charge in [-0.15, -0.1) is 0 Å². The first-order valence-corrected chi connectivity index (χ1v) is 10.4. The van der Waals surface area contributed by atoms with E-state index in [2.05, 4.69) is 29.1 Å². The van der Waals surface area contributed by atoms with Gasteiger partial charge in [-0.25, -0.2) is 9.98 Å². The van der Waals surface area contributed by atoms with Crippen molar-refractivity contribution < 1.29 is 13.9 Å². The molecule has 0 fully saturated rings. The van der Waals surface area contributed by atoms with Gasteiger partial charge in [-0.2, -0.15) is 0 Å². The molecule has 1 N–H and O–H groups in total. The summed E-state index contributed by atoms with van der Waals surface area (Å²) in [4.78, 5) is 22.2. The number of benzene rings is 2. The molecule has 2 aromatic heterocycles. The van der Waals surface area contributed by atoms with Crippen LogP contribution in [0.15, 0.2) is 76.1 Å². The Bertz CT molecular complexity index is 1340. The van der Waals surface area contributed by atoms with Gasteiger partial charge in [0.05, 0.1) is 12.8 Å². The summed E-state index contributed by atoms with van der Waals surface area (Å²) < 4.78 is 11.5. The quantitative estimate of drug-likeness (QED) is 0.440. The van der Waals surface area contributed by atoms with E-state index in [1.54, 1.807) is 19.2 Å². The molecule has 32 heavy (non-hydrogen) atoms. The van der Waals surface area contributed by atoms with Crippen molar-refractivity contribution in [1.82, 2.24) is 4.98 Å². The van der Waals surface area contributed by atoms with Crippen LogP contribution in [0.3, 0.4) is 0 Å². The summed E-state index contributed by atoms with van der Waals surface area (Å²) in [7, 11) is 1.58. The molecule has 0 saturated carbocycles. The third-order valence-electron chi connectivity index (χ3n) is 5.12. The minimum atomic E-state index is -0.353. The third kappa shape index (κ3) is 4.54. The Morgan fingerprint density at radius 1 is 1.06 bits per heavy atom. The molecule has 2 aromatic carbocycles. The number of aromatic nitrogens is 1. The Labute approximate surface area is 186 Å². The fraction of sp³-hybridized carbons (Fsp3) is 0.192. The molecule has 0 aliphatic heterocycles. The molecule has 1 amide bonds. The fourth-order valence-corrected chi connectivity index (χ4v) is 3.38. The Morgan fingerprint density at radius 3 is 2.50 bits per heavy atom. The van der Waals surface area contributed by atoms with Gasteiger partial charge in [0.15, 0.2) is 11.3 Å². The van der Waals surface area contributed by atoms with E-state index in [4.69, 9.17) is 9.15 Å². The van der Waals surface area contributed by atoms with Gasteiger partial charge in [-0.1, -0.05) is 44.2 Å². The second kappa shape index (κ2) is 9.06. The maximum atomic E-state index is 13.2. The van der Waals surface area contributed by atoms with Crippen LogP contribution in [0.4, 0.5) is 11.5 Å². The summed E-state index contributed by atoms with van der Waals surface area (Å²) in [5, 5.41) is 3.58. The number of ether oxygens (including phenoxy) is 1. The van der Waals surface area contributed by atoms with Crippen molar-refractivity contribution in [3.05, 3.63) is 89.1 Å². The zero-order valence-corrected chi connectivity index (χ0v) is 18.5. The summed E-state index contributed by atoms with van der Waals surface area (Å²) in [5.41, 5.74) is 3.75. The first-order valence-electron chi connectivity index (χ1n) is 10.4. The van der Waals surface area contributed by atoms with E-state index >= 15 is 0 Å². The number of hydrogen-bond donors (Lipinski definition) is 1. The first kappa shape index (κ1) is 21.3. The van der Waals surface area contributed by atoms with Crippen molar-refractivity contribution in [3.8, 4) is 5.75 Å². The summed E-state index contributed by atoms with van der Waals surface area (Å²) in [6.45, 7) is 6.15. The number of nitrogens with zero attached hydrogens (tertiary/aromatic N) is 2. The third-order valence-corrected chi connectivity index (χ3v) is 5.12. The minimum absolute atomic E-state index is 0.199. The number of aryl methyl sites for hydroxylation is 1. The van der Waals surface area contributed by atoms with Crippen LogP contribution in [0.5, 0.6) is 5.75 Å². The molecule has 0 unspecified atom stereocenters. The highest BCUT2D eigenvalue weighted by molar-refractivity contribution is 6.05. The zero-order chi connectivity index (χ0) is 22.7. The lowest BCUT2D eigenvalue weighted by Gasteiger charge is -2.09. The number of carbonyl (C=O) groups is 1. The highest BCUT2D eigenvalue weighted by Crippen LogP contribution is 2.25. The number of fused-ring (bicyclic) bond motifs is 1. The topological polar surface area (TPSA) is 76.7 Å². The van der Waals surface area contributed by atoms with Crippen molar-refractivity contribution in [1.29, 1.82) is 0 Å². The Kier molecular flexibility index (Phi) is 6.03. The first-order chi connectivity index (χ1) is 15.4. The van der Waals surface area contributed by atoms with Crippen molar-refractivity contribution in [2.24, 2.45) is 4.99 Å². The molecule has 4 aromatic rings. The van der Waals surface area contributed by atoms with E-state index in [1.165, 1.54) is 5.56 Å². The Balaban J connectivity index is 1.85. The Morgan fingerprint density at radius 2 is 1.81 bits per heavy atom. The van der Waals surface area contributed by atoms with Crippen LogP contribution in [-0.2, 0) is 0 Å². The lowest BCUT2D eigenvalue weighted by atomic mass is 10.0. The smallest absolute Gasteiger partial charge is 0.262 e. The number of carbonyl (C=O) groups excluding carboxylic acids is 1. The second-order valence-electron chi connectivity index (χ2n) is 7.82. The van der Waals surface area contributed by atoms with Crippen molar-refractivity contribution in [2.45, 2.75) is 26.7 Å². The highest BCUT2D eigenvalue weighted by Gasteiger charge is 2.15. The van der Waals surface area contributed by atoms with Gasteiger partial charge in [-0.3, -0.25) is 4.79 Å². The van der Waals surface area contributed by atoms with Crippen molar-refractivity contribution >= 4 is 28.4 Å². The molecule has 0 spiro atoms. The van der Waals surface area contributed by atoms with Gasteiger partial charge in [-0.05, 0) is 54.8 Å². The molecular formula is C26H25N3O3. The molecule has 0 aliphatic carbocycles. The van der Waals surface area contributed by atoms with Gasteiger partial charge < -0.3 is 14.5 Å². The average Bonchev–Trinajstić information content (AvgIpc) is 2.78. The highest BCUT2D eigenvalue weighted by atomic mass is 16.5. The van der Waals surface area contributed by atoms with Gasteiger partial charge >= 0.3 is 0 Å². The largest absolute Gasteiger partial charge is 0.493 e. The molecule has 0 bridgehead atoms. The summed E-state index contributed by atoms with van der Waals surface area (Å²) in [6.07, 6.45) is 0. The van der Waals surface area contributed by atoms with Gasteiger partial charge in [0.25, 0.3) is 5.91 Å². The molecule has 162 valence electrons. The van der Waals surface area contributed by atoms with Crippen LogP contribution in [-0.4, -0.2) is 18.0 Å². The monoisotopic (exact) mass is 427 g/mol. The van der Waals surface area contributed by atoms with Crippen LogP contribution in [0.2, 0.25) is 0 Å². The van der Waals surface area contributed by atoms with E-state index < -0.39 is 0 Å². The van der Waals surface area contributed by atoms with Gasteiger partial charge in [0.2, 0.25) is 5.55 Å². The lowest BCUT2D eigenvalue weighted by molar-refractivity contribution is 0.102. The van der Waals surface area contributed by atoms with Crippen LogP contribution >= 0.6 is 0 Å². The number of anilines is 1. The molecule has 0 saturated heterocycles. The number of nitrogens with one attached hydrogen (secondary N) is 1. The second-order valence-corrected chi connectivity index (χ2v) is 7.82. The number of pyridine rings is 1. The van der Waals surface area contributed by atoms with E-state index in [-0.39, 0.29) is 11.5 Å². The average molecular weight is 428 g/mol. The standard InChI is InChI=1S/C26H25N3O3/c1-16(2)18-11-13-20(14-12-18)28-26-21(25(30)29-23-10-5-7-17(3)27-23)15-19-8-6-9-22(31-4)24(19)32-26/h5-16H,1-4H3,(H,27,29,30). The number of amides is 1. The van der Waals surface area contributed by atoms with Gasteiger partial charge in [0.1, 0.15) is 11.4 Å². The summed E-state index contributed by atoms with van der Waals surface area (Å²) >= 11 is 0. The number of methoxy groups -OCH3 is 1. The summed E-state index contributed by atoms with van der Waals surface area (Å²) in [6, 6.07) is 20.6. The predicted octanol–water partition coefficient (Wildman–Crippen LogP) is 5.75. The number of rotatable bonds is 5. The molecule has 6 heteroatoms. The molecule has 0 radical (unpaired) electrons. The molecular weight excluding hydrogens is 402 g/mol. The van der Waals surface area contributed by atoms with Crippen LogP contribution in [0, 0.1) is 6.92 Å². The molecule has 0 atom stereocenters. The Hall–Kier alpha value is -3.93. The normalized spacial score (nSPS) is 11.7. The van der Waals surface area contributed by atoms with E-state index in [1.807, 2.05) is 61.5 Å². The van der Waals surface area contributed by atoms with Crippen molar-refractivity contribution in [2.75, 3.05) is 12.4 Å².